The van der Waals surface area contributed by atoms with Crippen LogP contribution < -0.4 is 5.56 Å². The zero-order valence-corrected chi connectivity index (χ0v) is 9.62. The van der Waals surface area contributed by atoms with E-state index in [0.29, 0.717) is 6.54 Å². The molecule has 0 saturated carbocycles. The molecule has 0 aliphatic heterocycles. The highest BCUT2D eigenvalue weighted by Crippen LogP contribution is 2.23. The minimum atomic E-state index is -0.212. The maximum atomic E-state index is 11.9. The number of nitrogens with zero attached hydrogens (tertiary/aromatic N) is 2. The van der Waals surface area contributed by atoms with Crippen LogP contribution in [0.25, 0.3) is 10.6 Å². The molecule has 2 heterocycles. The third-order valence-electron chi connectivity index (χ3n) is 2.38. The lowest BCUT2D eigenvalue weighted by Gasteiger charge is -2.09. The molecule has 0 aromatic carbocycles. The number of hydrogen-bond donors (Lipinski definition) is 0. The topological polar surface area (TPSA) is 45.8 Å². The second kappa shape index (κ2) is 4.33. The summed E-state index contributed by atoms with van der Waals surface area (Å²) in [5.41, 5.74) is 0.861. The van der Waals surface area contributed by atoms with Crippen molar-refractivity contribution in [1.82, 2.24) is 4.57 Å². The number of hydrogen-bond acceptors (Lipinski definition) is 3. The normalized spacial score (nSPS) is 10.0. The molecule has 0 aliphatic carbocycles. The van der Waals surface area contributed by atoms with Crippen molar-refractivity contribution in [3.8, 4) is 16.6 Å². The molecular weight excluding hydrogens is 220 g/mol. The fourth-order valence-corrected chi connectivity index (χ4v) is 2.38. The molecule has 0 saturated heterocycles. The minimum absolute atomic E-state index is 0.196. The van der Waals surface area contributed by atoms with Gasteiger partial charge >= 0.3 is 0 Å². The highest BCUT2D eigenvalue weighted by molar-refractivity contribution is 7.13. The number of thiophene rings is 1. The average molecular weight is 230 g/mol. The molecule has 0 N–H and O–H groups in total. The third-order valence-corrected chi connectivity index (χ3v) is 3.28. The molecule has 16 heavy (non-hydrogen) atoms. The van der Waals surface area contributed by atoms with E-state index in [9.17, 15) is 4.79 Å². The van der Waals surface area contributed by atoms with E-state index in [1.807, 2.05) is 36.6 Å². The van der Waals surface area contributed by atoms with E-state index in [4.69, 9.17) is 5.26 Å². The summed E-state index contributed by atoms with van der Waals surface area (Å²) in [5, 5.41) is 10.8. The van der Waals surface area contributed by atoms with Gasteiger partial charge in [-0.25, -0.2) is 0 Å². The quantitative estimate of drug-likeness (QED) is 0.795. The summed E-state index contributed by atoms with van der Waals surface area (Å²) >= 11 is 1.59. The van der Waals surface area contributed by atoms with Gasteiger partial charge in [-0.1, -0.05) is 6.07 Å². The van der Waals surface area contributed by atoms with Gasteiger partial charge in [-0.15, -0.1) is 11.3 Å². The van der Waals surface area contributed by atoms with E-state index in [0.717, 1.165) is 10.6 Å². The number of aromatic nitrogens is 1. The van der Waals surface area contributed by atoms with Crippen LogP contribution in [0.2, 0.25) is 0 Å². The lowest BCUT2D eigenvalue weighted by molar-refractivity contribution is 0.734. The first-order valence-electron chi connectivity index (χ1n) is 4.95. The standard InChI is InChI=1S/C12H10N2OS/c1-2-14-10(11-4-3-7-16-11)6-5-9(8-13)12(14)15/h3-7H,2H2,1H3. The molecule has 0 unspecified atom stereocenters. The molecule has 0 amide bonds. The Morgan fingerprint density at radius 3 is 2.81 bits per heavy atom. The van der Waals surface area contributed by atoms with Crippen molar-refractivity contribution in [3.05, 3.63) is 45.6 Å². The zero-order valence-electron chi connectivity index (χ0n) is 8.80. The van der Waals surface area contributed by atoms with Gasteiger partial charge in [0.1, 0.15) is 11.6 Å². The number of pyridine rings is 1. The van der Waals surface area contributed by atoms with Crippen LogP contribution in [0, 0.1) is 11.3 Å². The molecule has 0 atom stereocenters. The lowest BCUT2D eigenvalue weighted by atomic mass is 10.2. The second-order valence-electron chi connectivity index (χ2n) is 3.27. The molecule has 2 rings (SSSR count). The first-order valence-corrected chi connectivity index (χ1v) is 5.83. The maximum Gasteiger partial charge on any atom is 0.268 e. The summed E-state index contributed by atoms with van der Waals surface area (Å²) < 4.78 is 1.63. The van der Waals surface area contributed by atoms with Crippen LogP contribution >= 0.6 is 11.3 Å². The molecule has 0 radical (unpaired) electrons. The van der Waals surface area contributed by atoms with Crippen LogP contribution in [0.1, 0.15) is 12.5 Å². The van der Waals surface area contributed by atoms with Crippen LogP contribution in [-0.2, 0) is 6.54 Å². The second-order valence-corrected chi connectivity index (χ2v) is 4.22. The SMILES string of the molecule is CCn1c(-c2cccs2)ccc(C#N)c1=O. The first kappa shape index (κ1) is 10.7. The smallest absolute Gasteiger partial charge is 0.268 e. The Hall–Kier alpha value is -1.86. The summed E-state index contributed by atoms with van der Waals surface area (Å²) in [6.07, 6.45) is 0. The van der Waals surface area contributed by atoms with E-state index in [1.54, 1.807) is 22.0 Å². The summed E-state index contributed by atoms with van der Waals surface area (Å²) in [6.45, 7) is 2.47. The largest absolute Gasteiger partial charge is 0.307 e. The molecular formula is C12H10N2OS. The molecule has 0 aliphatic rings. The fourth-order valence-electron chi connectivity index (χ4n) is 1.62. The van der Waals surface area contributed by atoms with Crippen molar-refractivity contribution in [2.75, 3.05) is 0 Å². The van der Waals surface area contributed by atoms with E-state index in [-0.39, 0.29) is 11.1 Å². The molecule has 3 nitrogen and oxygen atoms in total. The Balaban J connectivity index is 2.70. The van der Waals surface area contributed by atoms with Gasteiger partial charge in [0.2, 0.25) is 0 Å². The summed E-state index contributed by atoms with van der Waals surface area (Å²) in [7, 11) is 0. The van der Waals surface area contributed by atoms with Crippen LogP contribution in [0.5, 0.6) is 0 Å². The van der Waals surface area contributed by atoms with Crippen LogP contribution in [-0.4, -0.2) is 4.57 Å². The zero-order chi connectivity index (χ0) is 11.5. The van der Waals surface area contributed by atoms with Gasteiger partial charge in [0.15, 0.2) is 0 Å². The van der Waals surface area contributed by atoms with Crippen molar-refractivity contribution >= 4 is 11.3 Å². The van der Waals surface area contributed by atoms with Crippen molar-refractivity contribution in [2.45, 2.75) is 13.5 Å². The Bertz CT molecular complexity index is 590. The van der Waals surface area contributed by atoms with Crippen molar-refractivity contribution in [2.24, 2.45) is 0 Å². The van der Waals surface area contributed by atoms with Crippen LogP contribution in [0.4, 0.5) is 0 Å². The fraction of sp³-hybridized carbons (Fsp3) is 0.167. The molecule has 80 valence electrons. The van der Waals surface area contributed by atoms with Crippen LogP contribution in [0.3, 0.4) is 0 Å². The van der Waals surface area contributed by atoms with Gasteiger partial charge in [-0.05, 0) is 30.5 Å². The monoisotopic (exact) mass is 230 g/mol. The highest BCUT2D eigenvalue weighted by Gasteiger charge is 2.09. The maximum absolute atomic E-state index is 11.9. The predicted octanol–water partition coefficient (Wildman–Crippen LogP) is 2.47. The Kier molecular flexibility index (Phi) is 2.88. The number of rotatable bonds is 2. The van der Waals surface area contributed by atoms with E-state index >= 15 is 0 Å². The molecule has 0 bridgehead atoms. The van der Waals surface area contributed by atoms with Gasteiger partial charge < -0.3 is 4.57 Å². The highest BCUT2D eigenvalue weighted by atomic mass is 32.1. The van der Waals surface area contributed by atoms with Gasteiger partial charge in [-0.3, -0.25) is 4.79 Å². The van der Waals surface area contributed by atoms with E-state index in [2.05, 4.69) is 0 Å². The predicted molar refractivity (Wildman–Crippen MR) is 64.4 cm³/mol. The Morgan fingerprint density at radius 2 is 2.25 bits per heavy atom. The summed E-state index contributed by atoms with van der Waals surface area (Å²) in [4.78, 5) is 12.9. The van der Waals surface area contributed by atoms with Gasteiger partial charge in [-0.2, -0.15) is 5.26 Å². The molecule has 2 aromatic heterocycles. The molecule has 0 spiro atoms. The average Bonchev–Trinajstić information content (AvgIpc) is 2.82. The van der Waals surface area contributed by atoms with Crippen molar-refractivity contribution in [3.63, 3.8) is 0 Å². The van der Waals surface area contributed by atoms with E-state index in [1.165, 1.54) is 0 Å². The summed E-state index contributed by atoms with van der Waals surface area (Å²) in [6, 6.07) is 9.25. The Labute approximate surface area is 97.2 Å². The molecule has 4 heteroatoms. The van der Waals surface area contributed by atoms with Crippen molar-refractivity contribution in [1.29, 1.82) is 5.26 Å². The van der Waals surface area contributed by atoms with Crippen LogP contribution in [0.15, 0.2) is 34.4 Å². The molecule has 0 fully saturated rings. The van der Waals surface area contributed by atoms with Gasteiger partial charge in [0.05, 0.1) is 10.6 Å². The Morgan fingerprint density at radius 1 is 1.44 bits per heavy atom. The van der Waals surface area contributed by atoms with Crippen molar-refractivity contribution < 1.29 is 0 Å². The first-order chi connectivity index (χ1) is 7.77. The molecule has 2 aromatic rings. The minimum Gasteiger partial charge on any atom is -0.307 e. The summed E-state index contributed by atoms with van der Waals surface area (Å²) in [5.74, 6) is 0. The lowest BCUT2D eigenvalue weighted by Crippen LogP contribution is -2.22. The van der Waals surface area contributed by atoms with E-state index < -0.39 is 0 Å². The van der Waals surface area contributed by atoms with Gasteiger partial charge in [0, 0.05) is 6.54 Å². The van der Waals surface area contributed by atoms with Gasteiger partial charge in [0.25, 0.3) is 5.56 Å². The number of nitriles is 1. The third kappa shape index (κ3) is 1.66.